The van der Waals surface area contributed by atoms with Gasteiger partial charge in [-0.2, -0.15) is 0 Å². The SMILES string of the molecule is O=C1CC2CN(C(=O)O)CC12. The lowest BCUT2D eigenvalue weighted by molar-refractivity contribution is -0.131. The highest BCUT2D eigenvalue weighted by atomic mass is 16.4. The maximum Gasteiger partial charge on any atom is 0.407 e. The lowest BCUT2D eigenvalue weighted by Crippen LogP contribution is -2.35. The molecular formula is C7H9NO3. The van der Waals surface area contributed by atoms with Crippen LogP contribution in [0.2, 0.25) is 0 Å². The molecule has 60 valence electrons. The first-order valence-corrected chi connectivity index (χ1v) is 3.69. The summed E-state index contributed by atoms with van der Waals surface area (Å²) in [6.07, 6.45) is -0.304. The van der Waals surface area contributed by atoms with Gasteiger partial charge < -0.3 is 10.0 Å². The maximum atomic E-state index is 10.9. The molecule has 0 spiro atoms. The van der Waals surface area contributed by atoms with Gasteiger partial charge in [-0.3, -0.25) is 4.79 Å². The highest BCUT2D eigenvalue weighted by Crippen LogP contribution is 2.37. The fourth-order valence-corrected chi connectivity index (χ4v) is 1.85. The van der Waals surface area contributed by atoms with Crippen LogP contribution in [0.3, 0.4) is 0 Å². The number of rotatable bonds is 0. The molecule has 1 aliphatic heterocycles. The number of carbonyl (C=O) groups is 2. The van der Waals surface area contributed by atoms with Gasteiger partial charge in [0.15, 0.2) is 0 Å². The van der Waals surface area contributed by atoms with Crippen molar-refractivity contribution in [3.05, 3.63) is 0 Å². The first-order valence-electron chi connectivity index (χ1n) is 3.69. The third-order valence-corrected chi connectivity index (χ3v) is 2.59. The van der Waals surface area contributed by atoms with Gasteiger partial charge in [0.25, 0.3) is 0 Å². The van der Waals surface area contributed by atoms with E-state index in [0.29, 0.717) is 25.4 Å². The third kappa shape index (κ3) is 0.818. The average Bonchev–Trinajstić information content (AvgIpc) is 2.26. The minimum Gasteiger partial charge on any atom is -0.465 e. The van der Waals surface area contributed by atoms with Crippen LogP contribution >= 0.6 is 0 Å². The molecule has 11 heavy (non-hydrogen) atoms. The van der Waals surface area contributed by atoms with E-state index in [1.165, 1.54) is 4.90 Å². The van der Waals surface area contributed by atoms with Gasteiger partial charge in [0.2, 0.25) is 0 Å². The normalized spacial score (nSPS) is 34.9. The second kappa shape index (κ2) is 1.96. The summed E-state index contributed by atoms with van der Waals surface area (Å²) >= 11 is 0. The topological polar surface area (TPSA) is 57.6 Å². The number of hydrogen-bond acceptors (Lipinski definition) is 2. The van der Waals surface area contributed by atoms with Crippen LogP contribution < -0.4 is 0 Å². The molecule has 0 radical (unpaired) electrons. The van der Waals surface area contributed by atoms with Crippen molar-refractivity contribution in [3.63, 3.8) is 0 Å². The van der Waals surface area contributed by atoms with E-state index in [0.717, 1.165) is 0 Å². The minimum absolute atomic E-state index is 0.0334. The fourth-order valence-electron chi connectivity index (χ4n) is 1.85. The van der Waals surface area contributed by atoms with Gasteiger partial charge in [-0.1, -0.05) is 0 Å². The van der Waals surface area contributed by atoms with Crippen LogP contribution in [0.25, 0.3) is 0 Å². The van der Waals surface area contributed by atoms with Crippen LogP contribution in [0.15, 0.2) is 0 Å². The van der Waals surface area contributed by atoms with E-state index in [1.807, 2.05) is 0 Å². The lowest BCUT2D eigenvalue weighted by Gasteiger charge is -2.25. The van der Waals surface area contributed by atoms with Crippen molar-refractivity contribution in [3.8, 4) is 0 Å². The van der Waals surface area contributed by atoms with Gasteiger partial charge in [-0.15, -0.1) is 0 Å². The highest BCUT2D eigenvalue weighted by Gasteiger charge is 2.47. The standard InChI is InChI=1S/C7H9NO3/c9-6-1-4-2-8(7(10)11)3-5(4)6/h4-5H,1-3H2,(H,10,11). The molecule has 0 aromatic carbocycles. The summed E-state index contributed by atoms with van der Waals surface area (Å²) in [5.74, 6) is 0.600. The zero-order valence-electron chi connectivity index (χ0n) is 5.99. The Morgan fingerprint density at radius 3 is 2.73 bits per heavy atom. The van der Waals surface area contributed by atoms with Gasteiger partial charge in [-0.05, 0) is 5.92 Å². The van der Waals surface area contributed by atoms with Crippen molar-refractivity contribution in [1.82, 2.24) is 4.90 Å². The van der Waals surface area contributed by atoms with Crippen molar-refractivity contribution in [2.24, 2.45) is 11.8 Å². The second-order valence-electron chi connectivity index (χ2n) is 3.22. The number of carbonyl (C=O) groups excluding carboxylic acids is 1. The molecule has 4 nitrogen and oxygen atoms in total. The quantitative estimate of drug-likeness (QED) is 0.543. The van der Waals surface area contributed by atoms with Crippen LogP contribution in [-0.2, 0) is 4.79 Å². The van der Waals surface area contributed by atoms with E-state index in [2.05, 4.69) is 0 Å². The number of nitrogens with zero attached hydrogens (tertiary/aromatic N) is 1. The Hall–Kier alpha value is -1.06. The number of fused-ring (bicyclic) bond motifs is 1. The summed E-state index contributed by atoms with van der Waals surface area (Å²) in [5.41, 5.74) is 0. The molecule has 1 N–H and O–H groups in total. The second-order valence-corrected chi connectivity index (χ2v) is 3.22. The van der Waals surface area contributed by atoms with E-state index in [-0.39, 0.29) is 11.7 Å². The predicted molar refractivity (Wildman–Crippen MR) is 36.2 cm³/mol. The molecule has 2 aliphatic rings. The Labute approximate surface area is 63.8 Å². The van der Waals surface area contributed by atoms with Crippen LogP contribution in [0.5, 0.6) is 0 Å². The van der Waals surface area contributed by atoms with E-state index in [9.17, 15) is 9.59 Å². The summed E-state index contributed by atoms with van der Waals surface area (Å²) in [5, 5.41) is 8.58. The first-order chi connectivity index (χ1) is 5.18. The molecule has 0 bridgehead atoms. The highest BCUT2D eigenvalue weighted by molar-refractivity contribution is 5.89. The van der Waals surface area contributed by atoms with Crippen molar-refractivity contribution < 1.29 is 14.7 Å². The fraction of sp³-hybridized carbons (Fsp3) is 0.714. The van der Waals surface area contributed by atoms with Gasteiger partial charge in [-0.25, -0.2) is 4.79 Å². The van der Waals surface area contributed by atoms with Gasteiger partial charge in [0, 0.05) is 25.4 Å². The lowest BCUT2D eigenvalue weighted by atomic mass is 9.75. The molecular weight excluding hydrogens is 146 g/mol. The van der Waals surface area contributed by atoms with Gasteiger partial charge in [0.05, 0.1) is 0 Å². The smallest absolute Gasteiger partial charge is 0.407 e. The molecule has 2 fully saturated rings. The molecule has 1 saturated carbocycles. The van der Waals surface area contributed by atoms with Gasteiger partial charge >= 0.3 is 6.09 Å². The minimum atomic E-state index is -0.896. The number of amides is 1. The van der Waals surface area contributed by atoms with Gasteiger partial charge in [0.1, 0.15) is 5.78 Å². The molecule has 2 atom stereocenters. The summed E-state index contributed by atoms with van der Waals surface area (Å²) in [4.78, 5) is 22.6. The Morgan fingerprint density at radius 1 is 1.55 bits per heavy atom. The zero-order chi connectivity index (χ0) is 8.01. The summed E-state index contributed by atoms with van der Waals surface area (Å²) < 4.78 is 0. The summed E-state index contributed by atoms with van der Waals surface area (Å²) in [6, 6.07) is 0. The van der Waals surface area contributed by atoms with E-state index in [1.54, 1.807) is 0 Å². The summed E-state index contributed by atoms with van der Waals surface area (Å²) in [7, 11) is 0. The van der Waals surface area contributed by atoms with Crippen molar-refractivity contribution in [1.29, 1.82) is 0 Å². The molecule has 4 heteroatoms. The molecule has 0 aromatic heterocycles. The summed E-state index contributed by atoms with van der Waals surface area (Å²) in [6.45, 7) is 0.991. The van der Waals surface area contributed by atoms with Crippen molar-refractivity contribution >= 4 is 11.9 Å². The number of hydrogen-bond donors (Lipinski definition) is 1. The van der Waals surface area contributed by atoms with E-state index >= 15 is 0 Å². The monoisotopic (exact) mass is 155 g/mol. The Balaban J connectivity index is 2.04. The predicted octanol–water partition coefficient (Wildman–Crippen LogP) is 0.185. The number of likely N-dealkylation sites (tertiary alicyclic amines) is 1. The molecule has 1 heterocycles. The Morgan fingerprint density at radius 2 is 2.27 bits per heavy atom. The largest absolute Gasteiger partial charge is 0.465 e. The van der Waals surface area contributed by atoms with Crippen LogP contribution in [-0.4, -0.2) is 35.0 Å². The van der Waals surface area contributed by atoms with E-state index in [4.69, 9.17) is 5.11 Å². The zero-order valence-corrected chi connectivity index (χ0v) is 5.99. The Kier molecular flexibility index (Phi) is 1.19. The third-order valence-electron chi connectivity index (χ3n) is 2.59. The van der Waals surface area contributed by atoms with Crippen molar-refractivity contribution in [2.45, 2.75) is 6.42 Å². The van der Waals surface area contributed by atoms with E-state index < -0.39 is 6.09 Å². The average molecular weight is 155 g/mol. The molecule has 0 aromatic rings. The van der Waals surface area contributed by atoms with Crippen LogP contribution in [0, 0.1) is 11.8 Å². The van der Waals surface area contributed by atoms with Crippen LogP contribution in [0.1, 0.15) is 6.42 Å². The van der Waals surface area contributed by atoms with Crippen molar-refractivity contribution in [2.75, 3.05) is 13.1 Å². The number of ketones is 1. The molecule has 2 rings (SSSR count). The molecule has 1 saturated heterocycles. The molecule has 1 aliphatic carbocycles. The molecule has 1 amide bonds. The first kappa shape index (κ1) is 6.64. The Bertz CT molecular complexity index is 226. The van der Waals surface area contributed by atoms with Crippen LogP contribution in [0.4, 0.5) is 4.79 Å². The number of Topliss-reactive ketones (excluding diaryl/α,β-unsaturated/α-hetero) is 1. The maximum absolute atomic E-state index is 10.9. The number of carboxylic acid groups (broad SMARTS) is 1. The molecule has 2 unspecified atom stereocenters.